The highest BCUT2D eigenvalue weighted by molar-refractivity contribution is 7.98. The molecule has 0 saturated heterocycles. The van der Waals surface area contributed by atoms with Crippen LogP contribution in [0.25, 0.3) is 0 Å². The predicted molar refractivity (Wildman–Crippen MR) is 135 cm³/mol. The summed E-state index contributed by atoms with van der Waals surface area (Å²) in [6.07, 6.45) is 6.19. The molecular formula is C27H25N3O4S. The van der Waals surface area contributed by atoms with Crippen molar-refractivity contribution in [2.75, 3.05) is 18.3 Å². The first-order valence-electron chi connectivity index (χ1n) is 11.7. The van der Waals surface area contributed by atoms with Crippen LogP contribution < -0.4 is 15.2 Å². The van der Waals surface area contributed by atoms with Crippen LogP contribution in [-0.4, -0.2) is 39.9 Å². The van der Waals surface area contributed by atoms with Gasteiger partial charge in [0.2, 0.25) is 5.43 Å². The molecule has 0 radical (unpaired) electrons. The van der Waals surface area contributed by atoms with Crippen LogP contribution in [0.1, 0.15) is 46.6 Å². The number of amides is 1. The van der Waals surface area contributed by atoms with Gasteiger partial charge in [-0.2, -0.15) is 0 Å². The van der Waals surface area contributed by atoms with E-state index in [0.717, 1.165) is 33.1 Å². The maximum absolute atomic E-state index is 13.7. The van der Waals surface area contributed by atoms with Gasteiger partial charge in [0.25, 0.3) is 5.91 Å². The van der Waals surface area contributed by atoms with Gasteiger partial charge in [-0.1, -0.05) is 43.3 Å². The van der Waals surface area contributed by atoms with Crippen molar-refractivity contribution in [3.05, 3.63) is 99.5 Å². The fourth-order valence-electron chi connectivity index (χ4n) is 5.24. The summed E-state index contributed by atoms with van der Waals surface area (Å²) in [7, 11) is 0. The third-order valence-corrected chi connectivity index (χ3v) is 8.07. The van der Waals surface area contributed by atoms with Gasteiger partial charge < -0.3 is 14.7 Å². The van der Waals surface area contributed by atoms with Gasteiger partial charge in [-0.3, -0.25) is 19.3 Å². The maximum Gasteiger partial charge on any atom is 0.278 e. The molecule has 3 aliphatic heterocycles. The topological polar surface area (TPSA) is 75.0 Å². The van der Waals surface area contributed by atoms with Crippen molar-refractivity contribution >= 4 is 17.7 Å². The lowest BCUT2D eigenvalue weighted by molar-refractivity contribution is 0.0625. The first kappa shape index (κ1) is 21.9. The van der Waals surface area contributed by atoms with Crippen LogP contribution in [-0.2, 0) is 5.75 Å². The van der Waals surface area contributed by atoms with E-state index in [1.54, 1.807) is 27.5 Å². The number of benzene rings is 2. The second-order valence-electron chi connectivity index (χ2n) is 8.85. The predicted octanol–water partition coefficient (Wildman–Crippen LogP) is 4.03. The number of hydrogen-bond acceptors (Lipinski definition) is 6. The van der Waals surface area contributed by atoms with E-state index in [-0.39, 0.29) is 30.4 Å². The number of thioether (sulfide) groups is 1. The molecule has 8 heteroatoms. The van der Waals surface area contributed by atoms with Gasteiger partial charge in [-0.15, -0.1) is 11.8 Å². The molecule has 3 aromatic rings. The number of rotatable bonds is 1. The molecule has 3 aliphatic rings. The molecule has 1 N–H and O–H groups in total. The first-order chi connectivity index (χ1) is 17.1. The molecule has 35 heavy (non-hydrogen) atoms. The van der Waals surface area contributed by atoms with E-state index in [9.17, 15) is 14.7 Å². The largest absolute Gasteiger partial charge is 0.502 e. The summed E-state index contributed by atoms with van der Waals surface area (Å²) in [5, 5.41) is 12.9. The van der Waals surface area contributed by atoms with E-state index in [1.165, 1.54) is 6.07 Å². The zero-order valence-electron chi connectivity index (χ0n) is 19.3. The summed E-state index contributed by atoms with van der Waals surface area (Å²) >= 11 is 1.77. The van der Waals surface area contributed by atoms with Crippen LogP contribution in [0.3, 0.4) is 0 Å². The zero-order valence-corrected chi connectivity index (χ0v) is 20.1. The van der Waals surface area contributed by atoms with E-state index in [0.29, 0.717) is 13.0 Å². The molecule has 2 atom stereocenters. The summed E-state index contributed by atoms with van der Waals surface area (Å²) in [6, 6.07) is 15.2. The average Bonchev–Trinajstić information content (AvgIpc) is 3.05. The Morgan fingerprint density at radius 2 is 1.97 bits per heavy atom. The fraction of sp³-hybridized carbons (Fsp3) is 0.259. The van der Waals surface area contributed by atoms with Crippen LogP contribution in [0.2, 0.25) is 0 Å². The molecule has 1 amide bonds. The minimum Gasteiger partial charge on any atom is -0.502 e. The van der Waals surface area contributed by atoms with Crippen LogP contribution in [0.4, 0.5) is 0 Å². The molecule has 2 aromatic carbocycles. The molecular weight excluding hydrogens is 462 g/mol. The van der Waals surface area contributed by atoms with E-state index in [2.05, 4.69) is 23.2 Å². The Morgan fingerprint density at radius 3 is 2.83 bits per heavy atom. The Labute approximate surface area is 207 Å². The number of aromatic hydroxyl groups is 1. The quantitative estimate of drug-likeness (QED) is 0.523. The summed E-state index contributed by atoms with van der Waals surface area (Å²) < 4.78 is 7.96. The van der Waals surface area contributed by atoms with Gasteiger partial charge in [0, 0.05) is 28.5 Å². The van der Waals surface area contributed by atoms with Crippen molar-refractivity contribution in [3.8, 4) is 11.5 Å². The van der Waals surface area contributed by atoms with Gasteiger partial charge in [-0.05, 0) is 35.8 Å². The molecule has 0 saturated carbocycles. The van der Waals surface area contributed by atoms with Crippen LogP contribution in [0.5, 0.6) is 11.5 Å². The lowest BCUT2D eigenvalue weighted by Crippen LogP contribution is -2.57. The standard InChI is InChI=1S/C27H25N3O4S/c1-2-18-8-6-14-34-21-10-5-7-17-15-35-22-11-4-3-9-19(22)24(23(17)21)30-16-28(18)27(33)25-26(32)20(31)12-13-29(25)30/h3-13,18,24,32H,2,14-16H2,1H3/b8-6+/t18-,24+/m1/s1. The first-order valence-corrected chi connectivity index (χ1v) is 12.7. The number of nitrogens with zero attached hydrogens (tertiary/aromatic N) is 3. The van der Waals surface area contributed by atoms with E-state index >= 15 is 0 Å². The second kappa shape index (κ2) is 8.53. The molecule has 178 valence electrons. The smallest absolute Gasteiger partial charge is 0.278 e. The molecule has 0 fully saturated rings. The van der Waals surface area contributed by atoms with Crippen LogP contribution in [0, 0.1) is 0 Å². The molecule has 0 unspecified atom stereocenters. The van der Waals surface area contributed by atoms with Crippen molar-refractivity contribution in [3.63, 3.8) is 0 Å². The molecule has 4 heterocycles. The van der Waals surface area contributed by atoms with Gasteiger partial charge >= 0.3 is 0 Å². The van der Waals surface area contributed by atoms with Crippen molar-refractivity contribution in [2.24, 2.45) is 0 Å². The molecule has 7 nitrogen and oxygen atoms in total. The van der Waals surface area contributed by atoms with E-state index in [1.807, 2.05) is 43.3 Å². The van der Waals surface area contributed by atoms with Gasteiger partial charge in [0.1, 0.15) is 25.1 Å². The fourth-order valence-corrected chi connectivity index (χ4v) is 6.32. The lowest BCUT2D eigenvalue weighted by atomic mass is 9.93. The average molecular weight is 488 g/mol. The zero-order chi connectivity index (χ0) is 24.1. The number of carbonyl (C=O) groups is 1. The van der Waals surface area contributed by atoms with Crippen molar-refractivity contribution in [1.29, 1.82) is 0 Å². The summed E-state index contributed by atoms with van der Waals surface area (Å²) in [5.41, 5.74) is 2.70. The number of carbonyl (C=O) groups excluding carboxylic acids is 1. The van der Waals surface area contributed by atoms with Crippen LogP contribution >= 0.6 is 11.8 Å². The van der Waals surface area contributed by atoms with E-state index in [4.69, 9.17) is 4.74 Å². The summed E-state index contributed by atoms with van der Waals surface area (Å²) in [5.74, 6) is 0.686. The van der Waals surface area contributed by atoms with Gasteiger partial charge in [0.15, 0.2) is 11.4 Å². The highest BCUT2D eigenvalue weighted by atomic mass is 32.2. The SMILES string of the molecule is CC[C@@H]1/C=C/COc2cccc3c2[C@H](c2ccccc2SC3)N2CN1C(=O)c1c(O)c(=O)ccn12. The van der Waals surface area contributed by atoms with Crippen molar-refractivity contribution in [1.82, 2.24) is 9.58 Å². The van der Waals surface area contributed by atoms with Crippen LogP contribution in [0.15, 0.2) is 76.6 Å². The Hall–Kier alpha value is -3.65. The second-order valence-corrected chi connectivity index (χ2v) is 9.87. The Kier molecular flexibility index (Phi) is 5.33. The van der Waals surface area contributed by atoms with Crippen molar-refractivity contribution in [2.45, 2.75) is 36.1 Å². The Balaban J connectivity index is 1.69. The third kappa shape index (κ3) is 3.43. The Bertz CT molecular complexity index is 1420. The number of pyridine rings is 1. The highest BCUT2D eigenvalue weighted by Crippen LogP contribution is 2.46. The van der Waals surface area contributed by atoms with Gasteiger partial charge in [-0.25, -0.2) is 0 Å². The molecule has 0 spiro atoms. The minimum absolute atomic E-state index is 0.0100. The molecule has 1 aromatic heterocycles. The van der Waals surface area contributed by atoms with Crippen molar-refractivity contribution < 1.29 is 14.6 Å². The number of ether oxygens (including phenoxy) is 1. The molecule has 0 aliphatic carbocycles. The Morgan fingerprint density at radius 1 is 1.11 bits per heavy atom. The lowest BCUT2D eigenvalue weighted by Gasteiger charge is -2.46. The monoisotopic (exact) mass is 487 g/mol. The molecule has 2 bridgehead atoms. The summed E-state index contributed by atoms with van der Waals surface area (Å²) in [6.45, 7) is 2.69. The highest BCUT2D eigenvalue weighted by Gasteiger charge is 2.41. The number of hydrogen-bond donors (Lipinski definition) is 1. The molecule has 6 rings (SSSR count). The summed E-state index contributed by atoms with van der Waals surface area (Å²) in [4.78, 5) is 29.0. The number of aromatic nitrogens is 1. The normalized spacial score (nSPS) is 21.6. The number of fused-ring (bicyclic) bond motifs is 7. The minimum atomic E-state index is -0.569. The van der Waals surface area contributed by atoms with E-state index < -0.39 is 11.2 Å². The van der Waals surface area contributed by atoms with Gasteiger partial charge in [0.05, 0.1) is 6.04 Å². The maximum atomic E-state index is 13.7. The third-order valence-electron chi connectivity index (χ3n) is 6.93.